The number of aromatic nitrogens is 3. The van der Waals surface area contributed by atoms with Crippen LogP contribution >= 0.6 is 0 Å². The number of carbonyl (C=O) groups excluding carboxylic acids is 1. The van der Waals surface area contributed by atoms with Crippen LogP contribution in [0.25, 0.3) is 5.82 Å². The third kappa shape index (κ3) is 1.92. The Kier molecular flexibility index (Phi) is 3.01. The highest BCUT2D eigenvalue weighted by Gasteiger charge is 2.20. The standard InChI is InChI=1S/C12H14N4O2/c1-7-4-5-14-9(6-7)16-8(2)15-10(11(16)13)12(17)18-3/h4-6H,13H2,1-3H3. The van der Waals surface area contributed by atoms with E-state index in [1.807, 2.05) is 19.1 Å². The van der Waals surface area contributed by atoms with Gasteiger partial charge in [0.1, 0.15) is 17.5 Å². The van der Waals surface area contributed by atoms with E-state index in [9.17, 15) is 4.79 Å². The third-order valence-corrected chi connectivity index (χ3v) is 2.59. The Balaban J connectivity index is 2.59. The van der Waals surface area contributed by atoms with E-state index in [-0.39, 0.29) is 11.5 Å². The van der Waals surface area contributed by atoms with E-state index in [0.29, 0.717) is 11.6 Å². The van der Waals surface area contributed by atoms with Gasteiger partial charge in [0.05, 0.1) is 7.11 Å². The molecule has 94 valence electrons. The second kappa shape index (κ2) is 4.48. The van der Waals surface area contributed by atoms with Crippen molar-refractivity contribution < 1.29 is 9.53 Å². The summed E-state index contributed by atoms with van der Waals surface area (Å²) in [6, 6.07) is 3.75. The lowest BCUT2D eigenvalue weighted by molar-refractivity contribution is 0.0596. The number of hydrogen-bond donors (Lipinski definition) is 1. The van der Waals surface area contributed by atoms with Gasteiger partial charge in [0.2, 0.25) is 0 Å². The lowest BCUT2D eigenvalue weighted by atomic mass is 10.3. The number of pyridine rings is 1. The summed E-state index contributed by atoms with van der Waals surface area (Å²) in [5.74, 6) is 0.901. The monoisotopic (exact) mass is 246 g/mol. The van der Waals surface area contributed by atoms with Crippen molar-refractivity contribution in [1.82, 2.24) is 14.5 Å². The molecule has 0 aliphatic rings. The first-order valence-corrected chi connectivity index (χ1v) is 5.40. The Morgan fingerprint density at radius 1 is 1.44 bits per heavy atom. The first-order valence-electron chi connectivity index (χ1n) is 5.40. The Hall–Kier alpha value is -2.37. The van der Waals surface area contributed by atoms with Gasteiger partial charge in [-0.2, -0.15) is 0 Å². The summed E-state index contributed by atoms with van der Waals surface area (Å²) in [6.45, 7) is 3.71. The normalized spacial score (nSPS) is 10.4. The summed E-state index contributed by atoms with van der Waals surface area (Å²) in [5, 5.41) is 0. The van der Waals surface area contributed by atoms with Crippen molar-refractivity contribution in [3.63, 3.8) is 0 Å². The SMILES string of the molecule is COC(=O)c1nc(C)n(-c2cc(C)ccn2)c1N. The lowest BCUT2D eigenvalue weighted by Gasteiger charge is -2.06. The zero-order chi connectivity index (χ0) is 13.3. The predicted molar refractivity (Wildman–Crippen MR) is 66.6 cm³/mol. The van der Waals surface area contributed by atoms with Crippen LogP contribution in [0.3, 0.4) is 0 Å². The van der Waals surface area contributed by atoms with Gasteiger partial charge in [0.15, 0.2) is 5.69 Å². The average Bonchev–Trinajstić information content (AvgIpc) is 2.64. The molecule has 2 heterocycles. The molecule has 0 amide bonds. The molecule has 0 radical (unpaired) electrons. The summed E-state index contributed by atoms with van der Waals surface area (Å²) in [6.07, 6.45) is 1.68. The average molecular weight is 246 g/mol. The van der Waals surface area contributed by atoms with Crippen LogP contribution in [0.4, 0.5) is 5.82 Å². The minimum Gasteiger partial charge on any atom is -0.464 e. The van der Waals surface area contributed by atoms with Crippen LogP contribution in [0, 0.1) is 13.8 Å². The fourth-order valence-electron chi connectivity index (χ4n) is 1.73. The summed E-state index contributed by atoms with van der Waals surface area (Å²) in [4.78, 5) is 19.8. The van der Waals surface area contributed by atoms with Crippen molar-refractivity contribution in [1.29, 1.82) is 0 Å². The number of imidazole rings is 1. The molecular weight excluding hydrogens is 232 g/mol. The second-order valence-corrected chi connectivity index (χ2v) is 3.91. The molecule has 2 aromatic heterocycles. The number of esters is 1. The van der Waals surface area contributed by atoms with Crippen molar-refractivity contribution in [3.8, 4) is 5.82 Å². The Bertz CT molecular complexity index is 604. The molecular formula is C12H14N4O2. The fraction of sp³-hybridized carbons (Fsp3) is 0.250. The van der Waals surface area contributed by atoms with Crippen LogP contribution in [0.2, 0.25) is 0 Å². The summed E-state index contributed by atoms with van der Waals surface area (Å²) >= 11 is 0. The van der Waals surface area contributed by atoms with E-state index >= 15 is 0 Å². The van der Waals surface area contributed by atoms with Crippen LogP contribution in [-0.4, -0.2) is 27.6 Å². The maximum Gasteiger partial charge on any atom is 0.360 e. The summed E-state index contributed by atoms with van der Waals surface area (Å²) in [5.41, 5.74) is 7.08. The number of anilines is 1. The highest BCUT2D eigenvalue weighted by molar-refractivity contribution is 5.92. The fourth-order valence-corrected chi connectivity index (χ4v) is 1.73. The first-order chi connectivity index (χ1) is 8.54. The number of nitrogens with two attached hydrogens (primary N) is 1. The Morgan fingerprint density at radius 3 is 2.78 bits per heavy atom. The molecule has 0 saturated heterocycles. The molecule has 18 heavy (non-hydrogen) atoms. The number of rotatable bonds is 2. The Morgan fingerprint density at radius 2 is 2.17 bits per heavy atom. The third-order valence-electron chi connectivity index (χ3n) is 2.59. The lowest BCUT2D eigenvalue weighted by Crippen LogP contribution is -2.08. The molecule has 6 nitrogen and oxygen atoms in total. The molecule has 0 unspecified atom stereocenters. The second-order valence-electron chi connectivity index (χ2n) is 3.91. The highest BCUT2D eigenvalue weighted by Crippen LogP contribution is 2.20. The number of aryl methyl sites for hydroxylation is 2. The van der Waals surface area contributed by atoms with Crippen molar-refractivity contribution in [2.45, 2.75) is 13.8 Å². The van der Waals surface area contributed by atoms with Gasteiger partial charge < -0.3 is 10.5 Å². The molecule has 6 heteroatoms. The number of carbonyl (C=O) groups is 1. The van der Waals surface area contributed by atoms with E-state index in [1.54, 1.807) is 17.7 Å². The van der Waals surface area contributed by atoms with E-state index < -0.39 is 5.97 Å². The Labute approximate surface area is 104 Å². The number of nitrogens with zero attached hydrogens (tertiary/aromatic N) is 3. The van der Waals surface area contributed by atoms with Gasteiger partial charge in [0, 0.05) is 6.20 Å². The molecule has 0 saturated carbocycles. The summed E-state index contributed by atoms with van der Waals surface area (Å²) < 4.78 is 6.25. The molecule has 2 rings (SSSR count). The molecule has 0 atom stereocenters. The van der Waals surface area contributed by atoms with Crippen LogP contribution in [0.1, 0.15) is 21.9 Å². The highest BCUT2D eigenvalue weighted by atomic mass is 16.5. The van der Waals surface area contributed by atoms with E-state index in [2.05, 4.69) is 14.7 Å². The molecule has 0 bridgehead atoms. The quantitative estimate of drug-likeness (QED) is 0.806. The molecule has 0 aliphatic heterocycles. The smallest absolute Gasteiger partial charge is 0.360 e. The number of nitrogen functional groups attached to an aromatic ring is 1. The van der Waals surface area contributed by atoms with Crippen molar-refractivity contribution >= 4 is 11.8 Å². The topological polar surface area (TPSA) is 83.0 Å². The van der Waals surface area contributed by atoms with Crippen molar-refractivity contribution in [3.05, 3.63) is 35.4 Å². The molecule has 2 N–H and O–H groups in total. The first kappa shape index (κ1) is 12.1. The van der Waals surface area contributed by atoms with Gasteiger partial charge in [-0.25, -0.2) is 14.8 Å². The number of ether oxygens (including phenoxy) is 1. The largest absolute Gasteiger partial charge is 0.464 e. The van der Waals surface area contributed by atoms with Crippen LogP contribution in [0.5, 0.6) is 0 Å². The van der Waals surface area contributed by atoms with E-state index in [0.717, 1.165) is 5.56 Å². The van der Waals surface area contributed by atoms with Crippen LogP contribution in [-0.2, 0) is 4.74 Å². The molecule has 0 spiro atoms. The van der Waals surface area contributed by atoms with Gasteiger partial charge in [0.25, 0.3) is 0 Å². The van der Waals surface area contributed by atoms with Gasteiger partial charge in [-0.3, -0.25) is 4.57 Å². The maximum atomic E-state index is 11.5. The zero-order valence-corrected chi connectivity index (χ0v) is 10.5. The molecule has 0 fully saturated rings. The maximum absolute atomic E-state index is 11.5. The molecule has 0 aromatic carbocycles. The van der Waals surface area contributed by atoms with Gasteiger partial charge >= 0.3 is 5.97 Å². The van der Waals surface area contributed by atoms with Crippen LogP contribution in [0.15, 0.2) is 18.3 Å². The molecule has 0 aliphatic carbocycles. The number of methoxy groups -OCH3 is 1. The van der Waals surface area contributed by atoms with Crippen molar-refractivity contribution in [2.24, 2.45) is 0 Å². The van der Waals surface area contributed by atoms with Gasteiger partial charge in [-0.1, -0.05) is 0 Å². The number of hydrogen-bond acceptors (Lipinski definition) is 5. The minimum atomic E-state index is -0.554. The predicted octanol–water partition coefficient (Wildman–Crippen LogP) is 1.25. The summed E-state index contributed by atoms with van der Waals surface area (Å²) in [7, 11) is 1.29. The van der Waals surface area contributed by atoms with Crippen LogP contribution < -0.4 is 5.73 Å². The van der Waals surface area contributed by atoms with Gasteiger partial charge in [-0.05, 0) is 31.5 Å². The minimum absolute atomic E-state index is 0.110. The van der Waals surface area contributed by atoms with E-state index in [4.69, 9.17) is 5.73 Å². The van der Waals surface area contributed by atoms with Gasteiger partial charge in [-0.15, -0.1) is 0 Å². The molecule has 2 aromatic rings. The zero-order valence-electron chi connectivity index (χ0n) is 10.5. The van der Waals surface area contributed by atoms with Crippen molar-refractivity contribution in [2.75, 3.05) is 12.8 Å². The van der Waals surface area contributed by atoms with E-state index in [1.165, 1.54) is 7.11 Å².